The lowest BCUT2D eigenvalue weighted by atomic mass is 10.3. The van der Waals surface area contributed by atoms with Crippen molar-refractivity contribution in [3.63, 3.8) is 0 Å². The standard InChI is InChI=1S/C13H19ClN4O3S/c1-5-6-17(7-11(4)14)13(19)18-9-15-12(16-18)22(20,21)8-10(2)3/h5,9-10H,1,4,6-8H2,2-3H3. The third kappa shape index (κ3) is 4.96. The molecular formula is C13H19ClN4O3S. The summed E-state index contributed by atoms with van der Waals surface area (Å²) in [4.78, 5) is 17.3. The molecule has 0 aromatic carbocycles. The Balaban J connectivity index is 3.01. The van der Waals surface area contributed by atoms with Gasteiger partial charge in [0.1, 0.15) is 6.33 Å². The number of hydrogen-bond donors (Lipinski definition) is 0. The number of aromatic nitrogens is 3. The summed E-state index contributed by atoms with van der Waals surface area (Å²) in [7, 11) is -3.61. The number of amides is 1. The molecule has 0 atom stereocenters. The van der Waals surface area contributed by atoms with Gasteiger partial charge in [-0.15, -0.1) is 11.7 Å². The Hall–Kier alpha value is -1.67. The molecule has 122 valence electrons. The van der Waals surface area contributed by atoms with Gasteiger partial charge in [0.2, 0.25) is 9.84 Å². The van der Waals surface area contributed by atoms with Crippen LogP contribution in [0.5, 0.6) is 0 Å². The molecule has 0 bridgehead atoms. The van der Waals surface area contributed by atoms with E-state index in [4.69, 9.17) is 11.6 Å². The van der Waals surface area contributed by atoms with Crippen LogP contribution >= 0.6 is 11.6 Å². The van der Waals surface area contributed by atoms with Crippen LogP contribution in [0.2, 0.25) is 0 Å². The van der Waals surface area contributed by atoms with E-state index in [0.29, 0.717) is 0 Å². The first-order valence-corrected chi connectivity index (χ1v) is 8.58. The second-order valence-electron chi connectivity index (χ2n) is 5.12. The second kappa shape index (κ2) is 7.55. The zero-order chi connectivity index (χ0) is 16.9. The molecule has 9 heteroatoms. The van der Waals surface area contributed by atoms with E-state index < -0.39 is 15.9 Å². The van der Waals surface area contributed by atoms with E-state index in [1.54, 1.807) is 13.8 Å². The zero-order valence-corrected chi connectivity index (χ0v) is 14.1. The van der Waals surface area contributed by atoms with Crippen molar-refractivity contribution in [1.29, 1.82) is 0 Å². The molecule has 0 aliphatic carbocycles. The fraction of sp³-hybridized carbons (Fsp3) is 0.462. The number of carbonyl (C=O) groups is 1. The van der Waals surface area contributed by atoms with Gasteiger partial charge < -0.3 is 4.90 Å². The van der Waals surface area contributed by atoms with Gasteiger partial charge in [0.15, 0.2) is 0 Å². The van der Waals surface area contributed by atoms with E-state index in [0.717, 1.165) is 11.0 Å². The molecule has 0 N–H and O–H groups in total. The highest BCUT2D eigenvalue weighted by molar-refractivity contribution is 7.91. The van der Waals surface area contributed by atoms with Crippen LogP contribution in [-0.4, -0.2) is 53.0 Å². The summed E-state index contributed by atoms with van der Waals surface area (Å²) < 4.78 is 24.9. The van der Waals surface area contributed by atoms with E-state index in [-0.39, 0.29) is 34.9 Å². The lowest BCUT2D eigenvalue weighted by Crippen LogP contribution is -2.36. The minimum atomic E-state index is -3.61. The predicted octanol–water partition coefficient (Wildman–Crippen LogP) is 1.92. The topological polar surface area (TPSA) is 85.2 Å². The molecule has 1 amide bonds. The van der Waals surface area contributed by atoms with E-state index in [9.17, 15) is 13.2 Å². The second-order valence-corrected chi connectivity index (χ2v) is 7.58. The van der Waals surface area contributed by atoms with Crippen LogP contribution in [0.4, 0.5) is 4.79 Å². The lowest BCUT2D eigenvalue weighted by Gasteiger charge is -2.19. The summed E-state index contributed by atoms with van der Waals surface area (Å²) in [6.07, 6.45) is 2.59. The Kier molecular flexibility index (Phi) is 6.31. The van der Waals surface area contributed by atoms with Gasteiger partial charge in [-0.05, 0) is 5.92 Å². The molecule has 0 fully saturated rings. The van der Waals surface area contributed by atoms with Crippen molar-refractivity contribution in [3.05, 3.63) is 30.6 Å². The van der Waals surface area contributed by atoms with Crippen molar-refractivity contribution in [2.45, 2.75) is 19.0 Å². The van der Waals surface area contributed by atoms with Gasteiger partial charge in [-0.3, -0.25) is 0 Å². The minimum absolute atomic E-state index is 0.0653. The maximum Gasteiger partial charge on any atom is 0.346 e. The number of rotatable bonds is 7. The molecule has 22 heavy (non-hydrogen) atoms. The molecule has 0 spiro atoms. The van der Waals surface area contributed by atoms with Gasteiger partial charge in [-0.25, -0.2) is 18.2 Å². The Bertz CT molecular complexity index is 667. The normalized spacial score (nSPS) is 11.5. The molecular weight excluding hydrogens is 328 g/mol. The average molecular weight is 347 g/mol. The first-order valence-electron chi connectivity index (χ1n) is 6.55. The number of halogens is 1. The van der Waals surface area contributed by atoms with E-state index in [2.05, 4.69) is 23.2 Å². The molecule has 1 heterocycles. The highest BCUT2D eigenvalue weighted by atomic mass is 35.5. The van der Waals surface area contributed by atoms with Crippen LogP contribution in [0.15, 0.2) is 35.7 Å². The fourth-order valence-electron chi connectivity index (χ4n) is 1.71. The van der Waals surface area contributed by atoms with Gasteiger partial charge >= 0.3 is 6.03 Å². The van der Waals surface area contributed by atoms with E-state index >= 15 is 0 Å². The molecule has 1 aromatic heterocycles. The molecule has 0 radical (unpaired) electrons. The molecule has 1 aromatic rings. The van der Waals surface area contributed by atoms with Crippen molar-refractivity contribution in [1.82, 2.24) is 19.7 Å². The summed E-state index contributed by atoms with van der Waals surface area (Å²) in [6.45, 7) is 10.9. The van der Waals surface area contributed by atoms with Crippen molar-refractivity contribution in [3.8, 4) is 0 Å². The summed E-state index contributed by atoms with van der Waals surface area (Å²) >= 11 is 5.71. The van der Waals surface area contributed by atoms with E-state index in [1.807, 2.05) is 0 Å². The number of hydrogen-bond acceptors (Lipinski definition) is 5. The number of sulfone groups is 1. The Morgan fingerprint density at radius 3 is 2.68 bits per heavy atom. The SMILES string of the molecule is C=CCN(CC(=C)Cl)C(=O)n1cnc(S(=O)(=O)CC(C)C)n1. The summed E-state index contributed by atoms with van der Waals surface area (Å²) in [5.41, 5.74) is 0. The molecule has 0 aliphatic rings. The van der Waals surface area contributed by atoms with Crippen molar-refractivity contribution in [2.24, 2.45) is 5.92 Å². The highest BCUT2D eigenvalue weighted by Crippen LogP contribution is 2.10. The monoisotopic (exact) mass is 346 g/mol. The Morgan fingerprint density at radius 2 is 2.18 bits per heavy atom. The maximum absolute atomic E-state index is 12.3. The molecule has 1 rings (SSSR count). The number of nitrogens with zero attached hydrogens (tertiary/aromatic N) is 4. The van der Waals surface area contributed by atoms with Crippen LogP contribution in [0, 0.1) is 5.92 Å². The van der Waals surface area contributed by atoms with Gasteiger partial charge in [-0.1, -0.05) is 38.1 Å². The molecule has 0 saturated carbocycles. The van der Waals surface area contributed by atoms with Crippen LogP contribution < -0.4 is 0 Å². The van der Waals surface area contributed by atoms with Gasteiger partial charge in [0.25, 0.3) is 5.16 Å². The maximum atomic E-state index is 12.3. The summed E-state index contributed by atoms with van der Waals surface area (Å²) in [5, 5.41) is 3.67. The Labute approximate surface area is 135 Å². The molecule has 0 saturated heterocycles. The minimum Gasteiger partial charge on any atom is -0.314 e. The molecule has 7 nitrogen and oxygen atoms in total. The van der Waals surface area contributed by atoms with Gasteiger partial charge in [-0.2, -0.15) is 4.68 Å². The average Bonchev–Trinajstić information content (AvgIpc) is 2.85. The van der Waals surface area contributed by atoms with Crippen LogP contribution in [0.25, 0.3) is 0 Å². The predicted molar refractivity (Wildman–Crippen MR) is 84.5 cm³/mol. The zero-order valence-electron chi connectivity index (χ0n) is 12.6. The first kappa shape index (κ1) is 18.4. The first-order chi connectivity index (χ1) is 10.2. The van der Waals surface area contributed by atoms with Crippen LogP contribution in [0.1, 0.15) is 13.8 Å². The Morgan fingerprint density at radius 1 is 1.55 bits per heavy atom. The third-order valence-electron chi connectivity index (χ3n) is 2.48. The van der Waals surface area contributed by atoms with Crippen LogP contribution in [-0.2, 0) is 9.84 Å². The largest absolute Gasteiger partial charge is 0.346 e. The third-order valence-corrected chi connectivity index (χ3v) is 4.45. The van der Waals surface area contributed by atoms with Crippen molar-refractivity contribution in [2.75, 3.05) is 18.8 Å². The van der Waals surface area contributed by atoms with Crippen molar-refractivity contribution >= 4 is 27.5 Å². The molecule has 0 aliphatic heterocycles. The molecule has 0 unspecified atom stereocenters. The van der Waals surface area contributed by atoms with E-state index in [1.165, 1.54) is 11.0 Å². The summed E-state index contributed by atoms with van der Waals surface area (Å²) in [6, 6.07) is -0.555. The smallest absolute Gasteiger partial charge is 0.314 e. The highest BCUT2D eigenvalue weighted by Gasteiger charge is 2.24. The lowest BCUT2D eigenvalue weighted by molar-refractivity contribution is 0.206. The van der Waals surface area contributed by atoms with Crippen LogP contribution in [0.3, 0.4) is 0 Å². The summed E-state index contributed by atoms with van der Waals surface area (Å²) in [5.74, 6) is -0.149. The van der Waals surface area contributed by atoms with Gasteiger partial charge in [0.05, 0.1) is 12.3 Å². The quantitative estimate of drug-likeness (QED) is 0.704. The van der Waals surface area contributed by atoms with Crippen molar-refractivity contribution < 1.29 is 13.2 Å². The fourth-order valence-corrected chi connectivity index (χ4v) is 3.31. The van der Waals surface area contributed by atoms with Gasteiger partial charge in [0, 0.05) is 11.6 Å². The number of carbonyl (C=O) groups excluding carboxylic acids is 1.